The van der Waals surface area contributed by atoms with Gasteiger partial charge in [-0.25, -0.2) is 0 Å². The van der Waals surface area contributed by atoms with Crippen molar-refractivity contribution < 1.29 is 9.59 Å². The topological polar surface area (TPSA) is 58.2 Å². The number of nitrogens with one attached hydrogen (secondary N) is 2. The van der Waals surface area contributed by atoms with E-state index in [2.05, 4.69) is 23.8 Å². The van der Waals surface area contributed by atoms with E-state index in [0.29, 0.717) is 0 Å². The third kappa shape index (κ3) is 4.45. The first-order valence-corrected chi connectivity index (χ1v) is 4.37. The van der Waals surface area contributed by atoms with Crippen LogP contribution in [0.1, 0.15) is 13.8 Å². The summed E-state index contributed by atoms with van der Waals surface area (Å²) in [7, 11) is 0. The first kappa shape index (κ1) is 12.4. The van der Waals surface area contributed by atoms with Crippen molar-refractivity contribution in [3.63, 3.8) is 0 Å². The van der Waals surface area contributed by atoms with Crippen LogP contribution in [-0.2, 0) is 9.59 Å². The van der Waals surface area contributed by atoms with Crippen LogP contribution in [-0.4, -0.2) is 18.0 Å². The van der Waals surface area contributed by atoms with Gasteiger partial charge in [0.05, 0.1) is 0 Å². The van der Waals surface area contributed by atoms with Gasteiger partial charge < -0.3 is 10.6 Å². The molecule has 2 N–H and O–H groups in total. The molecule has 0 atom stereocenters. The number of carbonyl (C=O) groups excluding carboxylic acids is 2. The third-order valence-electron chi connectivity index (χ3n) is 1.63. The summed E-state index contributed by atoms with van der Waals surface area (Å²) in [6.07, 6.45) is 1.93. The molecule has 0 spiro atoms. The minimum atomic E-state index is -0.397. The summed E-state index contributed by atoms with van der Waals surface area (Å²) in [5, 5.41) is 5.19. The molecule has 0 bridgehead atoms. The first-order valence-electron chi connectivity index (χ1n) is 4.37. The third-order valence-corrected chi connectivity index (χ3v) is 1.63. The van der Waals surface area contributed by atoms with E-state index >= 15 is 0 Å². The Morgan fingerprint density at radius 1 is 1.07 bits per heavy atom. The average Bonchev–Trinajstić information content (AvgIpc) is 2.16. The number of hydrogen-bond donors (Lipinski definition) is 2. The van der Waals surface area contributed by atoms with E-state index in [1.54, 1.807) is 0 Å². The maximum atomic E-state index is 11.0. The molecule has 0 fully saturated rings. The number of amides is 2. The fourth-order valence-corrected chi connectivity index (χ4v) is 0.794. The molecule has 0 radical (unpaired) electrons. The molecule has 0 saturated carbocycles. The van der Waals surface area contributed by atoms with Crippen molar-refractivity contribution in [3.8, 4) is 0 Å². The fraction of sp³-hybridized carbons (Fsp3) is 0.400. The molecule has 0 aliphatic carbocycles. The zero-order valence-corrected chi connectivity index (χ0v) is 8.54. The monoisotopic (exact) mass is 196 g/mol. The van der Waals surface area contributed by atoms with Crippen molar-refractivity contribution >= 4 is 11.8 Å². The SMILES string of the molecule is C=CC(=O)NC(NC(=O)C=C)C(C)C. The van der Waals surface area contributed by atoms with Crippen molar-refractivity contribution in [1.29, 1.82) is 0 Å². The Morgan fingerprint density at radius 3 is 1.64 bits per heavy atom. The van der Waals surface area contributed by atoms with Crippen molar-refractivity contribution in [2.24, 2.45) is 5.92 Å². The predicted octanol–water partition coefficient (Wildman–Crippen LogP) is 0.573. The molecule has 4 nitrogen and oxygen atoms in total. The highest BCUT2D eigenvalue weighted by molar-refractivity contribution is 5.89. The molecule has 0 aromatic rings. The van der Waals surface area contributed by atoms with Gasteiger partial charge >= 0.3 is 0 Å². The molecule has 78 valence electrons. The van der Waals surface area contributed by atoms with Gasteiger partial charge in [0.1, 0.15) is 6.17 Å². The number of carbonyl (C=O) groups is 2. The van der Waals surface area contributed by atoms with E-state index in [9.17, 15) is 9.59 Å². The lowest BCUT2D eigenvalue weighted by atomic mass is 10.1. The second kappa shape index (κ2) is 5.96. The highest BCUT2D eigenvalue weighted by Crippen LogP contribution is 1.98. The van der Waals surface area contributed by atoms with Crippen molar-refractivity contribution in [3.05, 3.63) is 25.3 Å². The van der Waals surface area contributed by atoms with Gasteiger partial charge in [0.15, 0.2) is 0 Å². The molecule has 4 heteroatoms. The molecular formula is C10H16N2O2. The summed E-state index contributed by atoms with van der Waals surface area (Å²) < 4.78 is 0. The van der Waals surface area contributed by atoms with Crippen molar-refractivity contribution in [2.75, 3.05) is 0 Å². The van der Waals surface area contributed by atoms with E-state index in [4.69, 9.17) is 0 Å². The molecule has 2 amide bonds. The maximum absolute atomic E-state index is 11.0. The van der Waals surface area contributed by atoms with Crippen molar-refractivity contribution in [1.82, 2.24) is 10.6 Å². The van der Waals surface area contributed by atoms with E-state index in [0.717, 1.165) is 12.2 Å². The van der Waals surface area contributed by atoms with Gasteiger partial charge in [-0.1, -0.05) is 27.0 Å². The maximum Gasteiger partial charge on any atom is 0.244 e. The standard InChI is InChI=1S/C10H16N2O2/c1-5-8(13)11-10(7(3)4)12-9(14)6-2/h5-7,10H,1-2H2,3-4H3,(H,11,13)(H,12,14). The van der Waals surface area contributed by atoms with Crippen LogP contribution in [0.4, 0.5) is 0 Å². The van der Waals surface area contributed by atoms with E-state index in [-0.39, 0.29) is 17.7 Å². The van der Waals surface area contributed by atoms with Gasteiger partial charge in [0.2, 0.25) is 11.8 Å². The lowest BCUT2D eigenvalue weighted by Gasteiger charge is -2.22. The number of rotatable bonds is 5. The van der Waals surface area contributed by atoms with Crippen LogP contribution in [0.5, 0.6) is 0 Å². The largest absolute Gasteiger partial charge is 0.332 e. The summed E-state index contributed by atoms with van der Waals surface area (Å²) in [5.74, 6) is -0.524. The summed E-state index contributed by atoms with van der Waals surface area (Å²) in [6.45, 7) is 10.4. The van der Waals surface area contributed by atoms with Gasteiger partial charge in [-0.3, -0.25) is 9.59 Å². The summed E-state index contributed by atoms with van der Waals surface area (Å²) in [5.41, 5.74) is 0. The van der Waals surface area contributed by atoms with Crippen LogP contribution in [0.25, 0.3) is 0 Å². The Kier molecular flexibility index (Phi) is 5.29. The second-order valence-electron chi connectivity index (χ2n) is 3.15. The van der Waals surface area contributed by atoms with Gasteiger partial charge in [-0.05, 0) is 18.1 Å². The van der Waals surface area contributed by atoms with Crippen LogP contribution in [0, 0.1) is 5.92 Å². The van der Waals surface area contributed by atoms with E-state index in [1.165, 1.54) is 0 Å². The molecule has 0 unspecified atom stereocenters. The van der Waals surface area contributed by atoms with E-state index in [1.807, 2.05) is 13.8 Å². The van der Waals surface area contributed by atoms with Gasteiger partial charge in [-0.15, -0.1) is 0 Å². The van der Waals surface area contributed by atoms with Crippen LogP contribution < -0.4 is 10.6 Å². The summed E-state index contributed by atoms with van der Waals surface area (Å²) in [4.78, 5) is 22.0. The minimum absolute atomic E-state index is 0.0998. The average molecular weight is 196 g/mol. The van der Waals surface area contributed by atoms with Gasteiger partial charge in [-0.2, -0.15) is 0 Å². The Bertz CT molecular complexity index is 225. The lowest BCUT2D eigenvalue weighted by Crippen LogP contribution is -2.50. The molecule has 0 aliphatic heterocycles. The second-order valence-corrected chi connectivity index (χ2v) is 3.15. The highest BCUT2D eigenvalue weighted by atomic mass is 16.2. The van der Waals surface area contributed by atoms with E-state index < -0.39 is 6.17 Å². The molecule has 0 aliphatic rings. The summed E-state index contributed by atoms with van der Waals surface area (Å²) in [6, 6.07) is 0. The molecule has 0 aromatic carbocycles. The normalized spacial score (nSPS) is 9.71. The first-order chi connectivity index (χ1) is 6.51. The Balaban J connectivity index is 4.29. The Morgan fingerprint density at radius 2 is 1.43 bits per heavy atom. The lowest BCUT2D eigenvalue weighted by molar-refractivity contribution is -0.120. The molecule has 0 saturated heterocycles. The minimum Gasteiger partial charge on any atom is -0.332 e. The quantitative estimate of drug-likeness (QED) is 0.499. The fourth-order valence-electron chi connectivity index (χ4n) is 0.794. The Labute approximate surface area is 84.1 Å². The van der Waals surface area contributed by atoms with Crippen molar-refractivity contribution in [2.45, 2.75) is 20.0 Å². The van der Waals surface area contributed by atoms with Crippen LogP contribution in [0.15, 0.2) is 25.3 Å². The molecular weight excluding hydrogens is 180 g/mol. The molecule has 14 heavy (non-hydrogen) atoms. The van der Waals surface area contributed by atoms with Gasteiger partial charge in [0.25, 0.3) is 0 Å². The smallest absolute Gasteiger partial charge is 0.244 e. The molecule has 0 rings (SSSR count). The Hall–Kier alpha value is -1.58. The zero-order chi connectivity index (χ0) is 11.1. The van der Waals surface area contributed by atoms with Gasteiger partial charge in [0, 0.05) is 0 Å². The predicted molar refractivity (Wildman–Crippen MR) is 55.3 cm³/mol. The van der Waals surface area contributed by atoms with Crippen LogP contribution >= 0.6 is 0 Å². The number of hydrogen-bond acceptors (Lipinski definition) is 2. The van der Waals surface area contributed by atoms with Crippen LogP contribution in [0.2, 0.25) is 0 Å². The highest BCUT2D eigenvalue weighted by Gasteiger charge is 2.15. The summed E-state index contributed by atoms with van der Waals surface area (Å²) >= 11 is 0. The zero-order valence-electron chi connectivity index (χ0n) is 8.54. The molecule has 0 heterocycles. The molecule has 0 aromatic heterocycles. The van der Waals surface area contributed by atoms with Crippen LogP contribution in [0.3, 0.4) is 0 Å².